The Morgan fingerprint density at radius 2 is 1.80 bits per heavy atom. The van der Waals surface area contributed by atoms with Crippen LogP contribution in [0.15, 0.2) is 67.3 Å². The molecule has 4 aliphatic rings. The Morgan fingerprint density at radius 1 is 1.07 bits per heavy atom. The maximum absolute atomic E-state index is 14.7. The fourth-order valence-electron chi connectivity index (χ4n) is 7.62. The zero-order chi connectivity index (χ0) is 43.9. The van der Waals surface area contributed by atoms with Gasteiger partial charge in [0.15, 0.2) is 0 Å². The number of carbonyl (C=O) groups excluding carboxylic acids is 6. The SMILES string of the molecule is C=CC1C[C@]1(NC(=O)[C@@H]1C[C@@H](Oc2cc(-c3ccccc3)nc3cc(OC)ccc23)CN1C(=O)[C@H](CCC(=O)N1CCC1=O)NC(=O)OC(C)(C)C)C(=O)NS(=O)(=O)C1CC1. The van der Waals surface area contributed by atoms with E-state index in [2.05, 4.69) is 21.9 Å². The first-order chi connectivity index (χ1) is 28.9. The monoisotopic (exact) mass is 858 g/mol. The molecule has 1 aromatic heterocycles. The zero-order valence-corrected chi connectivity index (χ0v) is 35.3. The second kappa shape index (κ2) is 16.8. The van der Waals surface area contributed by atoms with Crippen LogP contribution >= 0.6 is 0 Å². The van der Waals surface area contributed by atoms with Crippen LogP contribution < -0.4 is 24.8 Å². The van der Waals surface area contributed by atoms with E-state index in [0.717, 1.165) is 10.5 Å². The van der Waals surface area contributed by atoms with E-state index in [1.807, 2.05) is 30.3 Å². The summed E-state index contributed by atoms with van der Waals surface area (Å²) in [5.41, 5.74) is -0.653. The maximum atomic E-state index is 14.7. The molecule has 6 amide bonds. The fraction of sp³-hybridized carbons (Fsp3) is 0.465. The molecule has 1 unspecified atom stereocenters. The lowest BCUT2D eigenvalue weighted by Crippen LogP contribution is -2.58. The van der Waals surface area contributed by atoms with E-state index in [1.54, 1.807) is 52.1 Å². The highest BCUT2D eigenvalue weighted by molar-refractivity contribution is 7.91. The summed E-state index contributed by atoms with van der Waals surface area (Å²) in [6, 6.07) is 13.8. The van der Waals surface area contributed by atoms with E-state index < -0.39 is 80.2 Å². The summed E-state index contributed by atoms with van der Waals surface area (Å²) in [7, 11) is -2.43. The van der Waals surface area contributed by atoms with E-state index in [1.165, 1.54) is 11.0 Å². The number of sulfonamides is 1. The van der Waals surface area contributed by atoms with Gasteiger partial charge in [-0.2, -0.15) is 0 Å². The van der Waals surface area contributed by atoms with Crippen molar-refractivity contribution in [3.8, 4) is 22.8 Å². The molecule has 0 spiro atoms. The first-order valence-corrected chi connectivity index (χ1v) is 21.8. The largest absolute Gasteiger partial charge is 0.497 e. The van der Waals surface area contributed by atoms with Gasteiger partial charge in [0, 0.05) is 54.8 Å². The molecule has 2 aromatic carbocycles. The number of aromatic nitrogens is 1. The number of rotatable bonds is 15. The predicted octanol–water partition coefficient (Wildman–Crippen LogP) is 3.36. The molecule has 18 heteroatoms. The van der Waals surface area contributed by atoms with Crippen LogP contribution in [-0.2, 0) is 38.7 Å². The van der Waals surface area contributed by atoms with Crippen LogP contribution in [0.4, 0.5) is 4.79 Å². The van der Waals surface area contributed by atoms with Gasteiger partial charge in [0.25, 0.3) is 5.91 Å². The number of methoxy groups -OCH3 is 1. The molecule has 7 rings (SSSR count). The van der Waals surface area contributed by atoms with Crippen LogP contribution in [0, 0.1) is 5.92 Å². The molecule has 5 atom stereocenters. The van der Waals surface area contributed by atoms with Gasteiger partial charge in [-0.05, 0) is 58.6 Å². The third kappa shape index (κ3) is 9.48. The van der Waals surface area contributed by atoms with Gasteiger partial charge in [0.2, 0.25) is 33.7 Å². The number of nitrogens with zero attached hydrogens (tertiary/aromatic N) is 3. The highest BCUT2D eigenvalue weighted by Gasteiger charge is 2.62. The van der Waals surface area contributed by atoms with Gasteiger partial charge < -0.3 is 29.7 Å². The van der Waals surface area contributed by atoms with Crippen molar-refractivity contribution in [3.05, 3.63) is 67.3 Å². The van der Waals surface area contributed by atoms with Crippen LogP contribution in [0.5, 0.6) is 11.5 Å². The normalized spacial score (nSPS) is 22.7. The number of β-lactam (4-membered cyclic amide) rings is 1. The molecule has 2 saturated carbocycles. The Morgan fingerprint density at radius 3 is 2.41 bits per heavy atom. The number of pyridine rings is 1. The molecule has 2 saturated heterocycles. The summed E-state index contributed by atoms with van der Waals surface area (Å²) in [6.07, 6.45) is 0.196. The summed E-state index contributed by atoms with van der Waals surface area (Å²) in [5.74, 6) is -2.93. The molecular weight excluding hydrogens is 809 g/mol. The lowest BCUT2D eigenvalue weighted by atomic mass is 10.1. The number of amides is 6. The molecule has 4 fully saturated rings. The molecule has 324 valence electrons. The minimum absolute atomic E-state index is 0.0732. The maximum Gasteiger partial charge on any atom is 0.408 e. The summed E-state index contributed by atoms with van der Waals surface area (Å²) in [5, 5.41) is 5.25. The van der Waals surface area contributed by atoms with Gasteiger partial charge in [-0.15, -0.1) is 6.58 Å². The van der Waals surface area contributed by atoms with Gasteiger partial charge >= 0.3 is 6.09 Å². The number of benzene rings is 2. The Balaban J connectivity index is 1.21. The number of alkyl carbamates (subject to hydrolysis) is 1. The van der Waals surface area contributed by atoms with E-state index in [9.17, 15) is 37.2 Å². The minimum atomic E-state index is -3.97. The lowest BCUT2D eigenvalue weighted by Gasteiger charge is -2.31. The average molecular weight is 859 g/mol. The van der Waals surface area contributed by atoms with Crippen molar-refractivity contribution in [2.45, 2.75) is 100 Å². The Labute approximate surface area is 353 Å². The second-order valence-electron chi connectivity index (χ2n) is 16.8. The topological polar surface area (TPSA) is 220 Å². The number of hydrogen-bond acceptors (Lipinski definition) is 12. The highest BCUT2D eigenvalue weighted by atomic mass is 32.2. The number of carbonyl (C=O) groups is 6. The van der Waals surface area contributed by atoms with E-state index >= 15 is 0 Å². The van der Waals surface area contributed by atoms with Crippen LogP contribution in [0.1, 0.15) is 65.7 Å². The first-order valence-electron chi connectivity index (χ1n) is 20.3. The number of imide groups is 1. The summed E-state index contributed by atoms with van der Waals surface area (Å²) >= 11 is 0. The van der Waals surface area contributed by atoms with Crippen LogP contribution in [-0.4, -0.2) is 114 Å². The standard InChI is InChI=1S/C43H50N6O11S/c1-6-26-23-43(26,40(54)47-61(56,57)29-13-14-29)46-38(52)34-21-28(59-35-22-32(25-10-8-7-9-11-25)44-33-20-27(58-5)12-15-30(33)35)24-49(34)39(53)31(45-41(55)60-42(2,3)4)16-17-36(50)48-19-18-37(48)51/h6-12,15,20,22,26,28-29,31,34H,1,13-14,16-19,21,23-24H2,2-5H3,(H,45,55)(H,46,52)(H,47,54)/t26?,28-,31+,34+,43-/m1/s1. The van der Waals surface area contributed by atoms with Crippen LogP contribution in [0.3, 0.4) is 0 Å². The fourth-order valence-corrected chi connectivity index (χ4v) is 8.98. The molecule has 0 radical (unpaired) electrons. The lowest BCUT2D eigenvalue weighted by molar-refractivity contribution is -0.152. The van der Waals surface area contributed by atoms with Crippen molar-refractivity contribution < 1.29 is 51.4 Å². The number of nitrogens with one attached hydrogen (secondary N) is 3. The number of hydrogen-bond donors (Lipinski definition) is 3. The van der Waals surface area contributed by atoms with Crippen molar-refractivity contribution >= 4 is 56.6 Å². The predicted molar refractivity (Wildman–Crippen MR) is 221 cm³/mol. The molecule has 3 N–H and O–H groups in total. The van der Waals surface area contributed by atoms with Crippen molar-refractivity contribution in [2.75, 3.05) is 20.2 Å². The van der Waals surface area contributed by atoms with Gasteiger partial charge in [-0.25, -0.2) is 18.2 Å². The van der Waals surface area contributed by atoms with Gasteiger partial charge in [-0.3, -0.25) is 33.6 Å². The van der Waals surface area contributed by atoms with Crippen LogP contribution in [0.25, 0.3) is 22.2 Å². The summed E-state index contributed by atoms with van der Waals surface area (Å²) in [6.45, 7) is 8.77. The third-order valence-corrected chi connectivity index (χ3v) is 13.0. The smallest absolute Gasteiger partial charge is 0.408 e. The number of fused-ring (bicyclic) bond motifs is 1. The first kappa shape index (κ1) is 43.1. The van der Waals surface area contributed by atoms with Crippen molar-refractivity contribution in [2.24, 2.45) is 5.92 Å². The Hall–Kier alpha value is -6.04. The van der Waals surface area contributed by atoms with E-state index in [4.69, 9.17) is 19.2 Å². The quantitative estimate of drug-likeness (QED) is 0.148. The molecule has 61 heavy (non-hydrogen) atoms. The number of ether oxygens (including phenoxy) is 3. The number of likely N-dealkylation sites (tertiary alicyclic amines) is 2. The van der Waals surface area contributed by atoms with Gasteiger partial charge in [0.05, 0.1) is 30.1 Å². The van der Waals surface area contributed by atoms with Gasteiger partial charge in [-0.1, -0.05) is 36.4 Å². The zero-order valence-electron chi connectivity index (χ0n) is 34.5. The highest BCUT2D eigenvalue weighted by Crippen LogP contribution is 2.46. The Bertz CT molecular complexity index is 2380. The van der Waals surface area contributed by atoms with Gasteiger partial charge in [0.1, 0.15) is 40.8 Å². The molecule has 17 nitrogen and oxygen atoms in total. The molecule has 3 aromatic rings. The van der Waals surface area contributed by atoms with Crippen molar-refractivity contribution in [1.29, 1.82) is 0 Å². The molecule has 3 heterocycles. The minimum Gasteiger partial charge on any atom is -0.497 e. The van der Waals surface area contributed by atoms with E-state index in [-0.39, 0.29) is 51.1 Å². The molecule has 2 aliphatic carbocycles. The average Bonchev–Trinajstić information content (AvgIpc) is 4.14. The van der Waals surface area contributed by atoms with Crippen LogP contribution in [0.2, 0.25) is 0 Å². The molecular formula is C43H50N6O11S. The van der Waals surface area contributed by atoms with Crippen molar-refractivity contribution in [3.63, 3.8) is 0 Å². The molecule has 2 aliphatic heterocycles. The summed E-state index contributed by atoms with van der Waals surface area (Å²) < 4.78 is 45.4. The third-order valence-electron chi connectivity index (χ3n) is 11.2. The Kier molecular flexibility index (Phi) is 11.8. The van der Waals surface area contributed by atoms with E-state index in [0.29, 0.717) is 40.9 Å². The molecule has 0 bridgehead atoms. The summed E-state index contributed by atoms with van der Waals surface area (Å²) in [4.78, 5) is 88.2. The van der Waals surface area contributed by atoms with Crippen molar-refractivity contribution in [1.82, 2.24) is 30.1 Å². The second-order valence-corrected chi connectivity index (χ2v) is 18.8.